The standard InChI is InChI=1S/C22H18N2O5S/c25-19-14-15(10-11-17(19)22-24-18-8-4-5-9-20(18)29-22)23-21(26)12-13-30(27,28)16-6-2-1-3-7-16/h1-11,14,25H,12-13H2,(H,23,26). The van der Waals surface area contributed by atoms with Gasteiger partial charge in [0.2, 0.25) is 11.8 Å². The molecule has 0 saturated heterocycles. The van der Waals surface area contributed by atoms with Crippen LogP contribution >= 0.6 is 0 Å². The van der Waals surface area contributed by atoms with Crippen molar-refractivity contribution in [1.29, 1.82) is 0 Å². The maximum Gasteiger partial charge on any atom is 0.231 e. The third kappa shape index (κ3) is 4.18. The molecule has 0 spiro atoms. The van der Waals surface area contributed by atoms with Gasteiger partial charge in [-0.25, -0.2) is 13.4 Å². The number of sulfone groups is 1. The molecule has 152 valence electrons. The van der Waals surface area contributed by atoms with Gasteiger partial charge in [0.05, 0.1) is 16.2 Å². The predicted molar refractivity (Wildman–Crippen MR) is 113 cm³/mol. The maximum atomic E-state index is 12.3. The number of benzene rings is 3. The molecule has 1 amide bonds. The fourth-order valence-corrected chi connectivity index (χ4v) is 4.24. The van der Waals surface area contributed by atoms with Gasteiger partial charge in [-0.2, -0.15) is 0 Å². The van der Waals surface area contributed by atoms with Crippen LogP contribution in [0.25, 0.3) is 22.6 Å². The molecule has 30 heavy (non-hydrogen) atoms. The Labute approximate surface area is 172 Å². The molecular formula is C22H18N2O5S. The van der Waals surface area contributed by atoms with Gasteiger partial charge in [0, 0.05) is 18.2 Å². The number of carbonyl (C=O) groups excluding carboxylic acids is 1. The fraction of sp³-hybridized carbons (Fsp3) is 0.0909. The second-order valence-electron chi connectivity index (χ2n) is 6.65. The highest BCUT2D eigenvalue weighted by Crippen LogP contribution is 2.33. The van der Waals surface area contributed by atoms with Gasteiger partial charge in [0.1, 0.15) is 11.3 Å². The van der Waals surface area contributed by atoms with E-state index in [1.165, 1.54) is 18.2 Å². The zero-order chi connectivity index (χ0) is 21.1. The number of carbonyl (C=O) groups is 1. The Balaban J connectivity index is 1.44. The van der Waals surface area contributed by atoms with Gasteiger partial charge in [0.15, 0.2) is 15.4 Å². The van der Waals surface area contributed by atoms with Crippen LogP contribution in [0.4, 0.5) is 5.69 Å². The quantitative estimate of drug-likeness (QED) is 0.486. The van der Waals surface area contributed by atoms with Crippen LogP contribution in [-0.4, -0.2) is 30.2 Å². The van der Waals surface area contributed by atoms with E-state index in [0.717, 1.165) is 0 Å². The van der Waals surface area contributed by atoms with Gasteiger partial charge in [0.25, 0.3) is 0 Å². The number of hydrogen-bond acceptors (Lipinski definition) is 6. The average Bonchev–Trinajstić information content (AvgIpc) is 3.17. The molecule has 8 heteroatoms. The van der Waals surface area contributed by atoms with Crippen LogP contribution in [0.1, 0.15) is 6.42 Å². The first-order chi connectivity index (χ1) is 14.4. The van der Waals surface area contributed by atoms with Crippen LogP contribution in [-0.2, 0) is 14.6 Å². The number of para-hydroxylation sites is 2. The smallest absolute Gasteiger partial charge is 0.231 e. The summed E-state index contributed by atoms with van der Waals surface area (Å²) in [7, 11) is -3.54. The van der Waals surface area contributed by atoms with Gasteiger partial charge >= 0.3 is 0 Å². The van der Waals surface area contributed by atoms with Crippen molar-refractivity contribution in [2.24, 2.45) is 0 Å². The van der Waals surface area contributed by atoms with Crippen molar-refractivity contribution in [2.75, 3.05) is 11.1 Å². The highest BCUT2D eigenvalue weighted by Gasteiger charge is 2.17. The largest absolute Gasteiger partial charge is 0.507 e. The second kappa shape index (κ2) is 8.00. The number of oxazole rings is 1. The molecule has 0 radical (unpaired) electrons. The van der Waals surface area contributed by atoms with E-state index in [1.807, 2.05) is 12.1 Å². The molecule has 0 aliphatic carbocycles. The summed E-state index contributed by atoms with van der Waals surface area (Å²) in [4.78, 5) is 16.7. The summed E-state index contributed by atoms with van der Waals surface area (Å²) in [6.07, 6.45) is -0.204. The molecule has 0 aliphatic heterocycles. The zero-order valence-corrected chi connectivity index (χ0v) is 16.6. The number of hydrogen-bond donors (Lipinski definition) is 2. The molecule has 7 nitrogen and oxygen atoms in total. The first-order valence-electron chi connectivity index (χ1n) is 9.19. The van der Waals surface area contributed by atoms with Gasteiger partial charge in [-0.15, -0.1) is 0 Å². The van der Waals surface area contributed by atoms with Crippen LogP contribution in [0.15, 0.2) is 82.1 Å². The number of amides is 1. The Bertz CT molecular complexity index is 1280. The molecule has 1 heterocycles. The van der Waals surface area contributed by atoms with E-state index >= 15 is 0 Å². The predicted octanol–water partition coefficient (Wildman–Crippen LogP) is 4.00. The van der Waals surface area contributed by atoms with Gasteiger partial charge in [-0.05, 0) is 36.4 Å². The Kier molecular flexibility index (Phi) is 5.24. The first kappa shape index (κ1) is 19.7. The number of phenolic OH excluding ortho intramolecular Hbond substituents is 1. The Morgan fingerprint density at radius 2 is 1.73 bits per heavy atom. The lowest BCUT2D eigenvalue weighted by Crippen LogP contribution is -2.17. The Morgan fingerprint density at radius 1 is 1.00 bits per heavy atom. The molecule has 0 saturated carbocycles. The summed E-state index contributed by atoms with van der Waals surface area (Å²) in [5, 5.41) is 12.9. The number of nitrogens with one attached hydrogen (secondary N) is 1. The van der Waals surface area contributed by atoms with Crippen LogP contribution in [0.5, 0.6) is 5.75 Å². The minimum atomic E-state index is -3.54. The van der Waals surface area contributed by atoms with Crippen molar-refractivity contribution < 1.29 is 22.7 Å². The minimum Gasteiger partial charge on any atom is -0.507 e. The van der Waals surface area contributed by atoms with Gasteiger partial charge < -0.3 is 14.8 Å². The molecule has 4 rings (SSSR count). The Morgan fingerprint density at radius 3 is 2.47 bits per heavy atom. The van der Waals surface area contributed by atoms with Crippen molar-refractivity contribution >= 4 is 32.5 Å². The van der Waals surface area contributed by atoms with Crippen LogP contribution in [0.3, 0.4) is 0 Å². The number of aromatic nitrogens is 1. The monoisotopic (exact) mass is 422 g/mol. The molecule has 3 aromatic carbocycles. The van der Waals surface area contributed by atoms with Crippen molar-refractivity contribution in [3.63, 3.8) is 0 Å². The molecule has 0 fully saturated rings. The molecule has 0 bridgehead atoms. The van der Waals surface area contributed by atoms with E-state index in [-0.39, 0.29) is 28.7 Å². The molecule has 0 aliphatic rings. The minimum absolute atomic E-state index is 0.115. The van der Waals surface area contributed by atoms with Crippen molar-refractivity contribution in [2.45, 2.75) is 11.3 Å². The maximum absolute atomic E-state index is 12.3. The van der Waals surface area contributed by atoms with Gasteiger partial charge in [-0.1, -0.05) is 30.3 Å². The van der Waals surface area contributed by atoms with Crippen molar-refractivity contribution in [3.05, 3.63) is 72.8 Å². The van der Waals surface area contributed by atoms with E-state index < -0.39 is 15.7 Å². The molecule has 1 aromatic heterocycles. The average molecular weight is 422 g/mol. The van der Waals surface area contributed by atoms with E-state index in [1.54, 1.807) is 42.5 Å². The van der Waals surface area contributed by atoms with Crippen LogP contribution in [0.2, 0.25) is 0 Å². The summed E-state index contributed by atoms with van der Waals surface area (Å²) in [6.45, 7) is 0. The first-order valence-corrected chi connectivity index (χ1v) is 10.8. The normalized spacial score (nSPS) is 11.5. The summed E-state index contributed by atoms with van der Waals surface area (Å²) in [5.41, 5.74) is 2.00. The lowest BCUT2D eigenvalue weighted by molar-refractivity contribution is -0.115. The molecule has 2 N–H and O–H groups in total. The number of anilines is 1. The lowest BCUT2D eigenvalue weighted by atomic mass is 10.1. The molecule has 4 aromatic rings. The highest BCUT2D eigenvalue weighted by atomic mass is 32.2. The summed E-state index contributed by atoms with van der Waals surface area (Å²) in [6, 6.07) is 19.8. The Hall–Kier alpha value is -3.65. The number of phenols is 1. The summed E-state index contributed by atoms with van der Waals surface area (Å²) >= 11 is 0. The molecule has 0 atom stereocenters. The van der Waals surface area contributed by atoms with E-state index in [2.05, 4.69) is 10.3 Å². The third-order valence-electron chi connectivity index (χ3n) is 4.51. The summed E-state index contributed by atoms with van der Waals surface area (Å²) in [5.74, 6) is -0.629. The van der Waals surface area contributed by atoms with E-state index in [9.17, 15) is 18.3 Å². The number of nitrogens with zero attached hydrogens (tertiary/aromatic N) is 1. The third-order valence-corrected chi connectivity index (χ3v) is 6.24. The van der Waals surface area contributed by atoms with E-state index in [0.29, 0.717) is 22.4 Å². The van der Waals surface area contributed by atoms with Crippen LogP contribution < -0.4 is 5.32 Å². The number of rotatable bonds is 6. The highest BCUT2D eigenvalue weighted by molar-refractivity contribution is 7.91. The van der Waals surface area contributed by atoms with Crippen LogP contribution in [0, 0.1) is 0 Å². The summed E-state index contributed by atoms with van der Waals surface area (Å²) < 4.78 is 30.2. The fourth-order valence-electron chi connectivity index (χ4n) is 2.97. The zero-order valence-electron chi connectivity index (χ0n) is 15.8. The lowest BCUT2D eigenvalue weighted by Gasteiger charge is -2.08. The molecule has 0 unspecified atom stereocenters. The van der Waals surface area contributed by atoms with Crippen molar-refractivity contribution in [1.82, 2.24) is 4.98 Å². The number of fused-ring (bicyclic) bond motifs is 1. The second-order valence-corrected chi connectivity index (χ2v) is 8.76. The number of aromatic hydroxyl groups is 1. The molecular weight excluding hydrogens is 404 g/mol. The SMILES string of the molecule is O=C(CCS(=O)(=O)c1ccccc1)Nc1ccc(-c2nc3ccccc3o2)c(O)c1. The van der Waals surface area contributed by atoms with Gasteiger partial charge in [-0.3, -0.25) is 4.79 Å². The topological polar surface area (TPSA) is 110 Å². The van der Waals surface area contributed by atoms with Crippen molar-refractivity contribution in [3.8, 4) is 17.2 Å². The van der Waals surface area contributed by atoms with E-state index in [4.69, 9.17) is 4.42 Å².